The summed E-state index contributed by atoms with van der Waals surface area (Å²) < 4.78 is 5.37. The summed E-state index contributed by atoms with van der Waals surface area (Å²) in [6, 6.07) is 15.7. The molecule has 3 rings (SSSR count). The molecule has 4 heteroatoms. The first kappa shape index (κ1) is 13.8. The summed E-state index contributed by atoms with van der Waals surface area (Å²) in [5.74, 6) is 0.300. The summed E-state index contributed by atoms with van der Waals surface area (Å²) in [5.41, 5.74) is 3.48. The Hall–Kier alpha value is -2.20. The van der Waals surface area contributed by atoms with E-state index in [1.165, 1.54) is 5.69 Å². The quantitative estimate of drug-likeness (QED) is 0.906. The highest BCUT2D eigenvalue weighted by atomic mass is 16.5. The van der Waals surface area contributed by atoms with E-state index in [9.17, 15) is 5.11 Å². The molecule has 110 valence electrons. The smallest absolute Gasteiger partial charge is 0.115 e. The van der Waals surface area contributed by atoms with Crippen molar-refractivity contribution in [2.45, 2.75) is 6.54 Å². The minimum absolute atomic E-state index is 0.300. The molecule has 0 atom stereocenters. The lowest BCUT2D eigenvalue weighted by Gasteiger charge is -2.28. The Kier molecular flexibility index (Phi) is 4.26. The zero-order chi connectivity index (χ0) is 14.5. The van der Waals surface area contributed by atoms with Gasteiger partial charge in [0.25, 0.3) is 0 Å². The fourth-order valence-corrected chi connectivity index (χ4v) is 2.43. The van der Waals surface area contributed by atoms with Gasteiger partial charge in [-0.15, -0.1) is 0 Å². The Bertz CT molecular complexity index is 560. The van der Waals surface area contributed by atoms with E-state index in [0.717, 1.165) is 44.1 Å². The highest BCUT2D eigenvalue weighted by molar-refractivity contribution is 5.55. The minimum atomic E-state index is 0.300. The zero-order valence-corrected chi connectivity index (χ0v) is 12.0. The normalized spacial score (nSPS) is 15.0. The first-order chi connectivity index (χ1) is 10.3. The first-order valence-electron chi connectivity index (χ1n) is 7.26. The molecule has 1 aliphatic rings. The summed E-state index contributed by atoms with van der Waals surface area (Å²) >= 11 is 0. The summed E-state index contributed by atoms with van der Waals surface area (Å²) in [4.78, 5) is 2.34. The molecule has 2 aromatic carbocycles. The van der Waals surface area contributed by atoms with Crippen LogP contribution in [0, 0.1) is 0 Å². The number of hydrogen-bond donors (Lipinski definition) is 2. The second-order valence-electron chi connectivity index (χ2n) is 5.17. The fourth-order valence-electron chi connectivity index (χ4n) is 2.43. The van der Waals surface area contributed by atoms with E-state index in [0.29, 0.717) is 5.75 Å². The highest BCUT2D eigenvalue weighted by Gasteiger charge is 2.10. The highest BCUT2D eigenvalue weighted by Crippen LogP contribution is 2.19. The molecular weight excluding hydrogens is 264 g/mol. The van der Waals surface area contributed by atoms with Crippen LogP contribution in [0.4, 0.5) is 11.4 Å². The van der Waals surface area contributed by atoms with E-state index >= 15 is 0 Å². The van der Waals surface area contributed by atoms with Gasteiger partial charge in [-0.25, -0.2) is 0 Å². The van der Waals surface area contributed by atoms with Gasteiger partial charge in [-0.05, 0) is 42.0 Å². The molecule has 0 amide bonds. The van der Waals surface area contributed by atoms with Gasteiger partial charge in [-0.3, -0.25) is 0 Å². The zero-order valence-electron chi connectivity index (χ0n) is 12.0. The van der Waals surface area contributed by atoms with Gasteiger partial charge in [0.2, 0.25) is 0 Å². The molecule has 1 aliphatic heterocycles. The molecule has 1 fully saturated rings. The lowest BCUT2D eigenvalue weighted by atomic mass is 10.2. The third-order valence-electron chi connectivity index (χ3n) is 3.68. The maximum absolute atomic E-state index is 9.26. The van der Waals surface area contributed by atoms with Crippen molar-refractivity contribution in [1.29, 1.82) is 0 Å². The Balaban J connectivity index is 1.57. The number of nitrogens with one attached hydrogen (secondary N) is 1. The van der Waals surface area contributed by atoms with Crippen LogP contribution in [0.1, 0.15) is 5.56 Å². The van der Waals surface area contributed by atoms with E-state index in [4.69, 9.17) is 4.74 Å². The van der Waals surface area contributed by atoms with Crippen molar-refractivity contribution in [3.05, 3.63) is 54.1 Å². The van der Waals surface area contributed by atoms with Crippen LogP contribution < -0.4 is 10.2 Å². The van der Waals surface area contributed by atoms with Crippen LogP contribution in [0.5, 0.6) is 5.75 Å². The van der Waals surface area contributed by atoms with E-state index in [2.05, 4.69) is 34.5 Å². The molecule has 2 aromatic rings. The number of ether oxygens (including phenoxy) is 1. The second kappa shape index (κ2) is 6.50. The van der Waals surface area contributed by atoms with E-state index in [1.807, 2.05) is 12.1 Å². The van der Waals surface area contributed by atoms with E-state index < -0.39 is 0 Å². The Labute approximate surface area is 125 Å². The topological polar surface area (TPSA) is 44.7 Å². The molecule has 0 aromatic heterocycles. The van der Waals surface area contributed by atoms with Crippen molar-refractivity contribution >= 4 is 11.4 Å². The number of hydrogen-bond acceptors (Lipinski definition) is 4. The van der Waals surface area contributed by atoms with Crippen molar-refractivity contribution in [3.63, 3.8) is 0 Å². The summed E-state index contributed by atoms with van der Waals surface area (Å²) in [7, 11) is 0. The average molecular weight is 284 g/mol. The number of morpholine rings is 1. The van der Waals surface area contributed by atoms with Gasteiger partial charge in [0, 0.05) is 31.0 Å². The molecular formula is C17H20N2O2. The molecule has 1 heterocycles. The van der Waals surface area contributed by atoms with Crippen molar-refractivity contribution in [1.82, 2.24) is 0 Å². The van der Waals surface area contributed by atoms with Gasteiger partial charge >= 0.3 is 0 Å². The summed E-state index contributed by atoms with van der Waals surface area (Å²) in [5, 5.41) is 12.6. The molecule has 0 spiro atoms. The van der Waals surface area contributed by atoms with Crippen LogP contribution in [0.25, 0.3) is 0 Å². The maximum atomic E-state index is 9.26. The van der Waals surface area contributed by atoms with Gasteiger partial charge in [0.1, 0.15) is 5.75 Å². The molecule has 0 saturated carbocycles. The number of nitrogens with zero attached hydrogens (tertiary/aromatic N) is 1. The molecule has 0 unspecified atom stereocenters. The third-order valence-corrected chi connectivity index (χ3v) is 3.68. The van der Waals surface area contributed by atoms with Crippen molar-refractivity contribution in [3.8, 4) is 5.75 Å². The SMILES string of the molecule is Oc1ccc(CNc2ccc(N3CCOCC3)cc2)cc1. The summed E-state index contributed by atoms with van der Waals surface area (Å²) in [6.07, 6.45) is 0. The van der Waals surface area contributed by atoms with Crippen LogP contribution in [0.2, 0.25) is 0 Å². The number of benzene rings is 2. The third kappa shape index (κ3) is 3.67. The van der Waals surface area contributed by atoms with Crippen LogP contribution in [-0.2, 0) is 11.3 Å². The van der Waals surface area contributed by atoms with Gasteiger partial charge in [-0.1, -0.05) is 12.1 Å². The summed E-state index contributed by atoms with van der Waals surface area (Å²) in [6.45, 7) is 4.28. The van der Waals surface area contributed by atoms with Gasteiger partial charge in [0.05, 0.1) is 13.2 Å². The maximum Gasteiger partial charge on any atom is 0.115 e. The van der Waals surface area contributed by atoms with Crippen LogP contribution in [0.15, 0.2) is 48.5 Å². The first-order valence-corrected chi connectivity index (χ1v) is 7.26. The van der Waals surface area contributed by atoms with E-state index in [1.54, 1.807) is 12.1 Å². The predicted molar refractivity (Wildman–Crippen MR) is 84.9 cm³/mol. The van der Waals surface area contributed by atoms with Crippen LogP contribution in [-0.4, -0.2) is 31.4 Å². The van der Waals surface area contributed by atoms with Crippen LogP contribution in [0.3, 0.4) is 0 Å². The Morgan fingerprint density at radius 2 is 1.62 bits per heavy atom. The minimum Gasteiger partial charge on any atom is -0.508 e. The Morgan fingerprint density at radius 3 is 2.29 bits per heavy atom. The molecule has 1 saturated heterocycles. The standard InChI is InChI=1S/C17H20N2O2/c20-17-7-1-14(2-8-17)13-18-15-3-5-16(6-4-15)19-9-11-21-12-10-19/h1-8,18,20H,9-13H2. The monoisotopic (exact) mass is 284 g/mol. The molecule has 21 heavy (non-hydrogen) atoms. The lowest BCUT2D eigenvalue weighted by Crippen LogP contribution is -2.36. The molecule has 0 radical (unpaired) electrons. The van der Waals surface area contributed by atoms with Gasteiger partial charge in [0.15, 0.2) is 0 Å². The average Bonchev–Trinajstić information content (AvgIpc) is 2.56. The van der Waals surface area contributed by atoms with Gasteiger partial charge in [-0.2, -0.15) is 0 Å². The van der Waals surface area contributed by atoms with E-state index in [-0.39, 0.29) is 0 Å². The number of phenolic OH excluding ortho intramolecular Hbond substituents is 1. The van der Waals surface area contributed by atoms with Crippen molar-refractivity contribution in [2.75, 3.05) is 36.5 Å². The van der Waals surface area contributed by atoms with Crippen LogP contribution >= 0.6 is 0 Å². The Morgan fingerprint density at radius 1 is 0.952 bits per heavy atom. The number of phenols is 1. The largest absolute Gasteiger partial charge is 0.508 e. The fraction of sp³-hybridized carbons (Fsp3) is 0.294. The number of rotatable bonds is 4. The second-order valence-corrected chi connectivity index (χ2v) is 5.17. The van der Waals surface area contributed by atoms with Crippen molar-refractivity contribution in [2.24, 2.45) is 0 Å². The number of anilines is 2. The molecule has 4 nitrogen and oxygen atoms in total. The predicted octanol–water partition coefficient (Wildman–Crippen LogP) is 2.84. The lowest BCUT2D eigenvalue weighted by molar-refractivity contribution is 0.122. The number of aromatic hydroxyl groups is 1. The van der Waals surface area contributed by atoms with Crippen molar-refractivity contribution < 1.29 is 9.84 Å². The van der Waals surface area contributed by atoms with Gasteiger partial charge < -0.3 is 20.1 Å². The molecule has 2 N–H and O–H groups in total. The molecule has 0 aliphatic carbocycles. The molecule has 0 bridgehead atoms.